The molecule has 0 aromatic rings. The summed E-state index contributed by atoms with van der Waals surface area (Å²) in [6.45, 7) is 5.63. The predicted molar refractivity (Wildman–Crippen MR) is 61.5 cm³/mol. The molecule has 1 heterocycles. The lowest BCUT2D eigenvalue weighted by Gasteiger charge is -2.41. The molecule has 2 fully saturated rings. The maximum Gasteiger partial charge on any atom is 0.102 e. The smallest absolute Gasteiger partial charge is 0.102 e. The lowest BCUT2D eigenvalue weighted by atomic mass is 9.85. The van der Waals surface area contributed by atoms with Crippen molar-refractivity contribution in [1.29, 1.82) is 0 Å². The van der Waals surface area contributed by atoms with E-state index in [0.29, 0.717) is 6.04 Å². The van der Waals surface area contributed by atoms with Gasteiger partial charge >= 0.3 is 0 Å². The Labute approximate surface area is 93.2 Å². The molecule has 0 bridgehead atoms. The van der Waals surface area contributed by atoms with E-state index in [4.69, 9.17) is 10.5 Å². The van der Waals surface area contributed by atoms with Crippen molar-refractivity contribution in [1.82, 2.24) is 0 Å². The van der Waals surface area contributed by atoms with Crippen molar-refractivity contribution in [3.05, 3.63) is 0 Å². The molecule has 0 atom stereocenters. The van der Waals surface area contributed by atoms with Crippen LogP contribution in [-0.4, -0.2) is 50.4 Å². The molecule has 2 N–H and O–H groups in total. The second kappa shape index (κ2) is 4.81. The van der Waals surface area contributed by atoms with Crippen molar-refractivity contribution >= 4 is 0 Å². The summed E-state index contributed by atoms with van der Waals surface area (Å²) in [5, 5.41) is 0. The number of nitrogens with zero attached hydrogens (tertiary/aromatic N) is 1. The molecule has 2 aliphatic rings. The van der Waals surface area contributed by atoms with Gasteiger partial charge in [-0.2, -0.15) is 0 Å². The molecule has 0 unspecified atom stereocenters. The molecule has 0 aromatic carbocycles. The number of hydrogen-bond donors (Lipinski definition) is 1. The molecule has 1 aliphatic carbocycles. The van der Waals surface area contributed by atoms with Crippen LogP contribution in [0.4, 0.5) is 0 Å². The van der Waals surface area contributed by atoms with Gasteiger partial charge in [-0.25, -0.2) is 0 Å². The van der Waals surface area contributed by atoms with Gasteiger partial charge in [0.1, 0.15) is 13.1 Å². The summed E-state index contributed by atoms with van der Waals surface area (Å²) in [7, 11) is 2.39. The normalized spacial score (nSPS) is 36.4. The second-order valence-electron chi connectivity index (χ2n) is 5.64. The van der Waals surface area contributed by atoms with E-state index in [1.54, 1.807) is 0 Å². The largest absolute Gasteiger partial charge is 0.370 e. The first-order valence-electron chi connectivity index (χ1n) is 6.35. The fourth-order valence-electron chi connectivity index (χ4n) is 2.96. The number of hydrogen-bond acceptors (Lipinski definition) is 2. The minimum absolute atomic E-state index is 0.483. The minimum Gasteiger partial charge on any atom is -0.370 e. The van der Waals surface area contributed by atoms with E-state index >= 15 is 0 Å². The number of quaternary nitrogens is 1. The molecule has 0 spiro atoms. The average Bonchev–Trinajstić information content (AvgIpc) is 2.22. The highest BCUT2D eigenvalue weighted by Gasteiger charge is 2.30. The Morgan fingerprint density at radius 1 is 1.13 bits per heavy atom. The van der Waals surface area contributed by atoms with Crippen molar-refractivity contribution in [2.75, 3.05) is 39.9 Å². The lowest BCUT2D eigenvalue weighted by Crippen LogP contribution is -2.54. The maximum atomic E-state index is 5.94. The van der Waals surface area contributed by atoms with Crippen LogP contribution in [0.15, 0.2) is 0 Å². The number of ether oxygens (including phenoxy) is 1. The number of morpholine rings is 1. The van der Waals surface area contributed by atoms with Crippen molar-refractivity contribution in [3.8, 4) is 0 Å². The molecule has 2 rings (SSSR count). The Kier molecular flexibility index (Phi) is 3.65. The van der Waals surface area contributed by atoms with Crippen LogP contribution in [0.2, 0.25) is 0 Å². The highest BCUT2D eigenvalue weighted by molar-refractivity contribution is 4.74. The molecule has 1 aliphatic heterocycles. The van der Waals surface area contributed by atoms with E-state index in [-0.39, 0.29) is 0 Å². The van der Waals surface area contributed by atoms with Gasteiger partial charge in [-0.3, -0.25) is 0 Å². The van der Waals surface area contributed by atoms with Crippen LogP contribution in [0.25, 0.3) is 0 Å². The van der Waals surface area contributed by atoms with Gasteiger partial charge in [0.15, 0.2) is 0 Å². The van der Waals surface area contributed by atoms with Gasteiger partial charge in [-0.05, 0) is 25.7 Å². The molecule has 15 heavy (non-hydrogen) atoms. The minimum atomic E-state index is 0.483. The van der Waals surface area contributed by atoms with Gasteiger partial charge in [-0.15, -0.1) is 0 Å². The van der Waals surface area contributed by atoms with Gasteiger partial charge in [-0.1, -0.05) is 0 Å². The Bertz CT molecular complexity index is 194. The van der Waals surface area contributed by atoms with Gasteiger partial charge < -0.3 is 15.0 Å². The topological polar surface area (TPSA) is 35.2 Å². The summed E-state index contributed by atoms with van der Waals surface area (Å²) in [5.74, 6) is 0.910. The first-order chi connectivity index (χ1) is 7.18. The van der Waals surface area contributed by atoms with Crippen LogP contribution < -0.4 is 5.73 Å². The zero-order valence-corrected chi connectivity index (χ0v) is 9.95. The van der Waals surface area contributed by atoms with E-state index in [1.165, 1.54) is 49.8 Å². The summed E-state index contributed by atoms with van der Waals surface area (Å²) in [5.41, 5.74) is 5.94. The van der Waals surface area contributed by atoms with E-state index in [0.717, 1.165) is 19.1 Å². The molecule has 1 saturated heterocycles. The van der Waals surface area contributed by atoms with E-state index in [2.05, 4.69) is 7.05 Å². The van der Waals surface area contributed by atoms with Crippen LogP contribution in [-0.2, 0) is 4.74 Å². The standard InChI is InChI=1S/C12H25N2O/c1-14(6-8-15-9-7-14)10-11-2-4-12(13)5-3-11/h11-12H,2-10,13H2,1H3/q+1. The third-order valence-corrected chi connectivity index (χ3v) is 4.14. The van der Waals surface area contributed by atoms with Crippen molar-refractivity contribution in [2.24, 2.45) is 11.7 Å². The van der Waals surface area contributed by atoms with Gasteiger partial charge in [0.2, 0.25) is 0 Å². The van der Waals surface area contributed by atoms with Crippen LogP contribution in [0.5, 0.6) is 0 Å². The molecule has 0 aromatic heterocycles. The SMILES string of the molecule is C[N+]1(CC2CCC(N)CC2)CCOCC1. The summed E-state index contributed by atoms with van der Waals surface area (Å²) < 4.78 is 6.66. The van der Waals surface area contributed by atoms with E-state index in [9.17, 15) is 0 Å². The predicted octanol–water partition coefficient (Wildman–Crippen LogP) is 0.981. The summed E-state index contributed by atoms with van der Waals surface area (Å²) >= 11 is 0. The molecule has 3 nitrogen and oxygen atoms in total. The lowest BCUT2D eigenvalue weighted by molar-refractivity contribution is -0.920. The molecule has 88 valence electrons. The Balaban J connectivity index is 1.80. The van der Waals surface area contributed by atoms with Crippen LogP contribution >= 0.6 is 0 Å². The van der Waals surface area contributed by atoms with E-state index < -0.39 is 0 Å². The molecule has 1 saturated carbocycles. The Hall–Kier alpha value is -0.120. The molecule has 0 amide bonds. The summed E-state index contributed by atoms with van der Waals surface area (Å²) in [6, 6.07) is 0.483. The molecular formula is C12H25N2O+. The summed E-state index contributed by atoms with van der Waals surface area (Å²) in [4.78, 5) is 0. The summed E-state index contributed by atoms with van der Waals surface area (Å²) in [6.07, 6.45) is 5.16. The maximum absolute atomic E-state index is 5.94. The van der Waals surface area contributed by atoms with Crippen LogP contribution in [0, 0.1) is 5.92 Å². The zero-order chi connectivity index (χ0) is 10.7. The van der Waals surface area contributed by atoms with Crippen LogP contribution in [0.3, 0.4) is 0 Å². The monoisotopic (exact) mass is 213 g/mol. The molecule has 3 heteroatoms. The Morgan fingerprint density at radius 3 is 2.33 bits per heavy atom. The van der Waals surface area contributed by atoms with Gasteiger partial charge in [0.05, 0.1) is 26.8 Å². The number of nitrogens with two attached hydrogens (primary N) is 1. The molecule has 0 radical (unpaired) electrons. The third kappa shape index (κ3) is 3.16. The Morgan fingerprint density at radius 2 is 1.73 bits per heavy atom. The first-order valence-corrected chi connectivity index (χ1v) is 6.35. The van der Waals surface area contributed by atoms with Crippen molar-refractivity contribution in [2.45, 2.75) is 31.7 Å². The van der Waals surface area contributed by atoms with Gasteiger partial charge in [0.25, 0.3) is 0 Å². The quantitative estimate of drug-likeness (QED) is 0.694. The second-order valence-corrected chi connectivity index (χ2v) is 5.64. The van der Waals surface area contributed by atoms with Crippen LogP contribution in [0.1, 0.15) is 25.7 Å². The third-order valence-electron chi connectivity index (χ3n) is 4.14. The molecular weight excluding hydrogens is 188 g/mol. The zero-order valence-electron chi connectivity index (χ0n) is 9.95. The van der Waals surface area contributed by atoms with Gasteiger partial charge in [0, 0.05) is 12.0 Å². The highest BCUT2D eigenvalue weighted by atomic mass is 16.5. The fourth-order valence-corrected chi connectivity index (χ4v) is 2.96. The van der Waals surface area contributed by atoms with E-state index in [1.807, 2.05) is 0 Å². The van der Waals surface area contributed by atoms with Crippen molar-refractivity contribution < 1.29 is 9.22 Å². The van der Waals surface area contributed by atoms with Crippen molar-refractivity contribution in [3.63, 3.8) is 0 Å². The highest BCUT2D eigenvalue weighted by Crippen LogP contribution is 2.26. The average molecular weight is 213 g/mol. The number of rotatable bonds is 2. The fraction of sp³-hybridized carbons (Fsp3) is 1.00. The number of likely N-dealkylation sites (N-methyl/N-ethyl adjacent to an activating group) is 1. The first kappa shape index (κ1) is 11.4.